The van der Waals surface area contributed by atoms with Gasteiger partial charge in [0.05, 0.1) is 12.5 Å². The molecule has 0 bridgehead atoms. The van der Waals surface area contributed by atoms with Crippen molar-refractivity contribution in [2.24, 2.45) is 5.92 Å². The van der Waals surface area contributed by atoms with E-state index >= 15 is 0 Å². The van der Waals surface area contributed by atoms with Gasteiger partial charge in [-0.3, -0.25) is 9.59 Å². The molecule has 0 N–H and O–H groups in total. The van der Waals surface area contributed by atoms with Crippen LogP contribution in [-0.2, 0) is 9.59 Å². The van der Waals surface area contributed by atoms with Crippen molar-refractivity contribution in [1.82, 2.24) is 9.80 Å². The van der Waals surface area contributed by atoms with Crippen molar-refractivity contribution in [3.63, 3.8) is 0 Å². The Hall–Kier alpha value is -1.57. The van der Waals surface area contributed by atoms with Gasteiger partial charge in [0, 0.05) is 26.2 Å². The Labute approximate surface area is 108 Å². The molecule has 0 aromatic heterocycles. The summed E-state index contributed by atoms with van der Waals surface area (Å²) >= 11 is 0. The molecule has 18 heavy (non-hydrogen) atoms. The van der Waals surface area contributed by atoms with Gasteiger partial charge in [-0.05, 0) is 26.7 Å². The predicted molar refractivity (Wildman–Crippen MR) is 67.5 cm³/mol. The van der Waals surface area contributed by atoms with E-state index < -0.39 is 5.92 Å². The Kier molecular flexibility index (Phi) is 5.63. The number of nitrogens with zero attached hydrogens (tertiary/aromatic N) is 3. The van der Waals surface area contributed by atoms with Crippen molar-refractivity contribution < 1.29 is 9.59 Å². The van der Waals surface area contributed by atoms with Crippen LogP contribution in [0, 0.1) is 17.2 Å². The van der Waals surface area contributed by atoms with E-state index in [0.29, 0.717) is 13.1 Å². The van der Waals surface area contributed by atoms with E-state index in [1.807, 2.05) is 19.9 Å². The Morgan fingerprint density at radius 1 is 1.28 bits per heavy atom. The minimum Gasteiger partial charge on any atom is -0.343 e. The standard InChI is InChI=1S/C13H21N3O2/c1-3-15(4-2)12(17)9-11(10-14)13(18)16-7-5-6-8-16/h11H,3-9H2,1-2H3. The van der Waals surface area contributed by atoms with Crippen LogP contribution in [-0.4, -0.2) is 47.8 Å². The maximum atomic E-state index is 12.0. The summed E-state index contributed by atoms with van der Waals surface area (Å²) in [6.45, 7) is 6.46. The maximum Gasteiger partial charge on any atom is 0.240 e. The van der Waals surface area contributed by atoms with Gasteiger partial charge in [-0.15, -0.1) is 0 Å². The summed E-state index contributed by atoms with van der Waals surface area (Å²) in [4.78, 5) is 27.3. The highest BCUT2D eigenvalue weighted by Gasteiger charge is 2.29. The lowest BCUT2D eigenvalue weighted by molar-refractivity contribution is -0.138. The summed E-state index contributed by atoms with van der Waals surface area (Å²) in [6.07, 6.45) is 2.00. The van der Waals surface area contributed by atoms with E-state index in [0.717, 1.165) is 25.9 Å². The van der Waals surface area contributed by atoms with Gasteiger partial charge in [-0.1, -0.05) is 0 Å². The molecule has 0 spiro atoms. The van der Waals surface area contributed by atoms with Crippen molar-refractivity contribution in [3.8, 4) is 6.07 Å². The molecule has 1 heterocycles. The number of hydrogen-bond donors (Lipinski definition) is 0. The predicted octanol–water partition coefficient (Wildman–Crippen LogP) is 1.01. The van der Waals surface area contributed by atoms with Crippen LogP contribution in [0.1, 0.15) is 33.1 Å². The van der Waals surface area contributed by atoms with Crippen molar-refractivity contribution in [2.45, 2.75) is 33.1 Å². The highest BCUT2D eigenvalue weighted by atomic mass is 16.2. The van der Waals surface area contributed by atoms with Crippen LogP contribution < -0.4 is 0 Å². The second-order valence-corrected chi connectivity index (χ2v) is 4.48. The molecular weight excluding hydrogens is 230 g/mol. The number of hydrogen-bond acceptors (Lipinski definition) is 3. The molecule has 1 unspecified atom stereocenters. The summed E-state index contributed by atoms with van der Waals surface area (Å²) in [5.41, 5.74) is 0. The summed E-state index contributed by atoms with van der Waals surface area (Å²) in [7, 11) is 0. The van der Waals surface area contributed by atoms with E-state index in [1.54, 1.807) is 9.80 Å². The zero-order valence-electron chi connectivity index (χ0n) is 11.2. The van der Waals surface area contributed by atoms with Gasteiger partial charge in [0.2, 0.25) is 11.8 Å². The molecule has 1 aliphatic rings. The second-order valence-electron chi connectivity index (χ2n) is 4.48. The molecule has 0 aromatic carbocycles. The molecule has 100 valence electrons. The van der Waals surface area contributed by atoms with Gasteiger partial charge in [0.15, 0.2) is 0 Å². The number of carbonyl (C=O) groups is 2. The van der Waals surface area contributed by atoms with Crippen molar-refractivity contribution in [1.29, 1.82) is 5.26 Å². The third kappa shape index (κ3) is 3.46. The topological polar surface area (TPSA) is 64.4 Å². The van der Waals surface area contributed by atoms with E-state index in [2.05, 4.69) is 0 Å². The fraction of sp³-hybridized carbons (Fsp3) is 0.769. The van der Waals surface area contributed by atoms with Crippen LogP contribution in [0.5, 0.6) is 0 Å². The van der Waals surface area contributed by atoms with Crippen molar-refractivity contribution in [2.75, 3.05) is 26.2 Å². The number of carbonyl (C=O) groups excluding carboxylic acids is 2. The minimum atomic E-state index is -0.823. The Morgan fingerprint density at radius 2 is 1.83 bits per heavy atom. The molecule has 1 rings (SSSR count). The van der Waals surface area contributed by atoms with Crippen molar-refractivity contribution in [3.05, 3.63) is 0 Å². The van der Waals surface area contributed by atoms with Crippen LogP contribution in [0.3, 0.4) is 0 Å². The van der Waals surface area contributed by atoms with Gasteiger partial charge in [0.25, 0.3) is 0 Å². The summed E-state index contributed by atoms with van der Waals surface area (Å²) < 4.78 is 0. The average Bonchev–Trinajstić information content (AvgIpc) is 2.90. The summed E-state index contributed by atoms with van der Waals surface area (Å²) in [5.74, 6) is -1.12. The van der Waals surface area contributed by atoms with Gasteiger partial charge >= 0.3 is 0 Å². The first-order valence-corrected chi connectivity index (χ1v) is 6.60. The molecule has 1 saturated heterocycles. The first-order chi connectivity index (χ1) is 8.63. The quantitative estimate of drug-likeness (QED) is 0.732. The molecular formula is C13H21N3O2. The molecule has 0 aromatic rings. The maximum absolute atomic E-state index is 12.0. The van der Waals surface area contributed by atoms with Gasteiger partial charge in [0.1, 0.15) is 5.92 Å². The van der Waals surface area contributed by atoms with Crippen LogP contribution in [0.4, 0.5) is 0 Å². The first kappa shape index (κ1) is 14.5. The van der Waals surface area contributed by atoms with Crippen LogP contribution in [0.2, 0.25) is 0 Å². The number of likely N-dealkylation sites (tertiary alicyclic amines) is 1. The highest BCUT2D eigenvalue weighted by molar-refractivity contribution is 5.87. The molecule has 0 aliphatic carbocycles. The third-order valence-electron chi connectivity index (χ3n) is 3.37. The summed E-state index contributed by atoms with van der Waals surface area (Å²) in [5, 5.41) is 9.06. The van der Waals surface area contributed by atoms with E-state index in [4.69, 9.17) is 5.26 Å². The zero-order chi connectivity index (χ0) is 13.5. The molecule has 5 nitrogen and oxygen atoms in total. The fourth-order valence-corrected chi connectivity index (χ4v) is 2.23. The van der Waals surface area contributed by atoms with Gasteiger partial charge in [-0.2, -0.15) is 5.26 Å². The second kappa shape index (κ2) is 7.00. The molecule has 2 amide bonds. The zero-order valence-corrected chi connectivity index (χ0v) is 11.2. The fourth-order valence-electron chi connectivity index (χ4n) is 2.23. The van der Waals surface area contributed by atoms with Crippen molar-refractivity contribution >= 4 is 11.8 Å². The van der Waals surface area contributed by atoms with E-state index in [1.165, 1.54) is 0 Å². The number of rotatable bonds is 5. The van der Waals surface area contributed by atoms with Crippen LogP contribution >= 0.6 is 0 Å². The van der Waals surface area contributed by atoms with E-state index in [9.17, 15) is 9.59 Å². The SMILES string of the molecule is CCN(CC)C(=O)CC(C#N)C(=O)N1CCCC1. The number of amides is 2. The largest absolute Gasteiger partial charge is 0.343 e. The van der Waals surface area contributed by atoms with Crippen LogP contribution in [0.15, 0.2) is 0 Å². The monoisotopic (exact) mass is 251 g/mol. The minimum absolute atomic E-state index is 0.00745. The highest BCUT2D eigenvalue weighted by Crippen LogP contribution is 2.15. The number of nitriles is 1. The third-order valence-corrected chi connectivity index (χ3v) is 3.37. The molecule has 1 atom stereocenters. The van der Waals surface area contributed by atoms with Gasteiger partial charge < -0.3 is 9.80 Å². The normalized spacial score (nSPS) is 16.2. The molecule has 0 radical (unpaired) electrons. The molecule has 1 fully saturated rings. The smallest absolute Gasteiger partial charge is 0.240 e. The lowest BCUT2D eigenvalue weighted by Gasteiger charge is -2.22. The molecule has 5 heteroatoms. The van der Waals surface area contributed by atoms with E-state index in [-0.39, 0.29) is 18.2 Å². The van der Waals surface area contributed by atoms with Gasteiger partial charge in [-0.25, -0.2) is 0 Å². The average molecular weight is 251 g/mol. The molecule has 0 saturated carbocycles. The molecule has 1 aliphatic heterocycles. The Bertz CT molecular complexity index is 339. The summed E-state index contributed by atoms with van der Waals surface area (Å²) in [6, 6.07) is 1.97. The lowest BCUT2D eigenvalue weighted by atomic mass is 10.0. The van der Waals surface area contributed by atoms with Crippen LogP contribution in [0.25, 0.3) is 0 Å². The lowest BCUT2D eigenvalue weighted by Crippen LogP contribution is -2.38. The first-order valence-electron chi connectivity index (χ1n) is 6.60. The Balaban J connectivity index is 2.58. The Morgan fingerprint density at radius 3 is 2.28 bits per heavy atom.